The van der Waals surface area contributed by atoms with Crippen molar-refractivity contribution < 1.29 is 8.42 Å². The van der Waals surface area contributed by atoms with Crippen molar-refractivity contribution in [3.05, 3.63) is 47.0 Å². The van der Waals surface area contributed by atoms with Gasteiger partial charge in [0.1, 0.15) is 4.90 Å². The van der Waals surface area contributed by atoms with Gasteiger partial charge >= 0.3 is 0 Å². The summed E-state index contributed by atoms with van der Waals surface area (Å²) in [5.74, 6) is 0. The summed E-state index contributed by atoms with van der Waals surface area (Å²) in [6.07, 6.45) is 0. The highest BCUT2D eigenvalue weighted by molar-refractivity contribution is 7.89. The first kappa shape index (κ1) is 14.6. The summed E-state index contributed by atoms with van der Waals surface area (Å²) in [6.45, 7) is 1.91. The third-order valence-corrected chi connectivity index (χ3v) is 3.98. The Hall–Kier alpha value is -1.76. The van der Waals surface area contributed by atoms with Gasteiger partial charge in [0.25, 0.3) is 0 Å². The van der Waals surface area contributed by atoms with Gasteiger partial charge in [0, 0.05) is 5.69 Å². The quantitative estimate of drug-likeness (QED) is 0.759. The minimum absolute atomic E-state index is 0.0740. The van der Waals surface area contributed by atoms with Crippen molar-refractivity contribution >= 4 is 38.7 Å². The van der Waals surface area contributed by atoms with Gasteiger partial charge in [-0.2, -0.15) is 0 Å². The van der Waals surface area contributed by atoms with Gasteiger partial charge < -0.3 is 11.1 Å². The van der Waals surface area contributed by atoms with Crippen LogP contribution in [-0.4, -0.2) is 8.42 Å². The number of hydrogen-bond acceptors (Lipinski definition) is 4. The molecule has 20 heavy (non-hydrogen) atoms. The van der Waals surface area contributed by atoms with E-state index in [0.29, 0.717) is 22.1 Å². The third kappa shape index (κ3) is 3.22. The van der Waals surface area contributed by atoms with Crippen LogP contribution in [0.15, 0.2) is 41.3 Å². The van der Waals surface area contributed by atoms with Crippen molar-refractivity contribution in [1.82, 2.24) is 0 Å². The molecule has 0 unspecified atom stereocenters. The van der Waals surface area contributed by atoms with Crippen molar-refractivity contribution in [2.75, 3.05) is 11.1 Å². The molecule has 0 aliphatic carbocycles. The Morgan fingerprint density at radius 2 is 1.80 bits per heavy atom. The highest BCUT2D eigenvalue weighted by Gasteiger charge is 2.15. The van der Waals surface area contributed by atoms with E-state index in [1.807, 2.05) is 19.1 Å². The molecule has 0 amide bonds. The zero-order chi connectivity index (χ0) is 14.9. The molecule has 106 valence electrons. The zero-order valence-electron chi connectivity index (χ0n) is 10.7. The molecule has 0 fully saturated rings. The average molecular weight is 312 g/mol. The van der Waals surface area contributed by atoms with Crippen LogP contribution in [0.2, 0.25) is 5.02 Å². The standard InChI is InChI=1S/C13H14ClN3O2S/c1-8-2-4-10(14)12(6-8)17-11-5-3-9(15)7-13(11)20(16,18)19/h2-7,17H,15H2,1H3,(H2,16,18,19). The van der Waals surface area contributed by atoms with Gasteiger partial charge in [0.2, 0.25) is 10.0 Å². The van der Waals surface area contributed by atoms with E-state index in [4.69, 9.17) is 22.5 Å². The summed E-state index contributed by atoms with van der Waals surface area (Å²) in [6, 6.07) is 9.84. The second-order valence-electron chi connectivity index (χ2n) is 4.41. The molecule has 0 bridgehead atoms. The lowest BCUT2D eigenvalue weighted by Crippen LogP contribution is -2.14. The SMILES string of the molecule is Cc1ccc(Cl)c(Nc2ccc(N)cc2S(N)(=O)=O)c1. The van der Waals surface area contributed by atoms with E-state index in [2.05, 4.69) is 5.32 Å². The molecule has 2 aromatic carbocycles. The van der Waals surface area contributed by atoms with Gasteiger partial charge in [-0.15, -0.1) is 0 Å². The summed E-state index contributed by atoms with van der Waals surface area (Å²) >= 11 is 6.08. The van der Waals surface area contributed by atoms with E-state index < -0.39 is 10.0 Å². The molecule has 0 radical (unpaired) electrons. The van der Waals surface area contributed by atoms with Crippen LogP contribution in [-0.2, 0) is 10.0 Å². The Bertz CT molecular complexity index is 760. The lowest BCUT2D eigenvalue weighted by molar-refractivity contribution is 0.598. The molecule has 7 heteroatoms. The molecular formula is C13H14ClN3O2S. The van der Waals surface area contributed by atoms with Gasteiger partial charge in [-0.3, -0.25) is 0 Å². The first-order valence-corrected chi connectivity index (χ1v) is 7.65. The Morgan fingerprint density at radius 1 is 1.10 bits per heavy atom. The van der Waals surface area contributed by atoms with Crippen LogP contribution < -0.4 is 16.2 Å². The third-order valence-electron chi connectivity index (χ3n) is 2.70. The maximum Gasteiger partial charge on any atom is 0.240 e. The number of nitrogens with one attached hydrogen (secondary N) is 1. The molecule has 0 saturated heterocycles. The number of aryl methyl sites for hydroxylation is 1. The lowest BCUT2D eigenvalue weighted by Gasteiger charge is -2.13. The maximum atomic E-state index is 11.6. The van der Waals surface area contributed by atoms with Gasteiger partial charge in [-0.25, -0.2) is 13.6 Å². The smallest absolute Gasteiger partial charge is 0.240 e. The fraction of sp³-hybridized carbons (Fsp3) is 0.0769. The highest BCUT2D eigenvalue weighted by Crippen LogP contribution is 2.30. The molecule has 0 aliphatic rings. The summed E-state index contributed by atoms with van der Waals surface area (Å²) in [5.41, 5.74) is 7.83. The number of nitrogens with two attached hydrogens (primary N) is 2. The number of primary sulfonamides is 1. The second-order valence-corrected chi connectivity index (χ2v) is 6.35. The number of sulfonamides is 1. The number of rotatable bonds is 3. The molecule has 0 atom stereocenters. The number of hydrogen-bond donors (Lipinski definition) is 3. The second kappa shape index (κ2) is 5.32. The van der Waals surface area contributed by atoms with Crippen molar-refractivity contribution in [2.24, 2.45) is 5.14 Å². The minimum atomic E-state index is -3.88. The van der Waals surface area contributed by atoms with Gasteiger partial charge in [0.15, 0.2) is 0 Å². The van der Waals surface area contributed by atoms with E-state index in [-0.39, 0.29) is 4.90 Å². The summed E-state index contributed by atoms with van der Waals surface area (Å²) in [7, 11) is -3.88. The predicted octanol–water partition coefficient (Wildman–Crippen LogP) is 2.62. The number of halogens is 1. The van der Waals surface area contributed by atoms with Gasteiger partial charge in [0.05, 0.1) is 16.4 Å². The Labute approximate surface area is 122 Å². The topological polar surface area (TPSA) is 98.2 Å². The van der Waals surface area contributed by atoms with Crippen LogP contribution >= 0.6 is 11.6 Å². The van der Waals surface area contributed by atoms with Crippen LogP contribution in [0.4, 0.5) is 17.1 Å². The van der Waals surface area contributed by atoms with Gasteiger partial charge in [-0.1, -0.05) is 17.7 Å². The fourth-order valence-electron chi connectivity index (χ4n) is 1.76. The van der Waals surface area contributed by atoms with Crippen LogP contribution in [0.25, 0.3) is 0 Å². The predicted molar refractivity (Wildman–Crippen MR) is 81.7 cm³/mol. The molecule has 0 aliphatic heterocycles. The molecule has 2 rings (SSSR count). The van der Waals surface area contributed by atoms with Crippen LogP contribution in [0.3, 0.4) is 0 Å². The zero-order valence-corrected chi connectivity index (χ0v) is 12.3. The maximum absolute atomic E-state index is 11.6. The van der Waals surface area contributed by atoms with Gasteiger partial charge in [-0.05, 0) is 42.8 Å². The summed E-state index contributed by atoms with van der Waals surface area (Å²) in [4.78, 5) is -0.0740. The molecule has 0 spiro atoms. The first-order valence-electron chi connectivity index (χ1n) is 5.73. The monoisotopic (exact) mass is 311 g/mol. The molecule has 5 N–H and O–H groups in total. The minimum Gasteiger partial charge on any atom is -0.399 e. The van der Waals surface area contributed by atoms with Crippen LogP contribution in [0.1, 0.15) is 5.56 Å². The lowest BCUT2D eigenvalue weighted by atomic mass is 10.2. The van der Waals surface area contributed by atoms with E-state index in [1.165, 1.54) is 6.07 Å². The molecule has 2 aromatic rings. The number of anilines is 3. The number of benzene rings is 2. The normalized spacial score (nSPS) is 11.3. The highest BCUT2D eigenvalue weighted by atomic mass is 35.5. The van der Waals surface area contributed by atoms with Crippen LogP contribution in [0, 0.1) is 6.92 Å². The largest absolute Gasteiger partial charge is 0.399 e. The first-order chi connectivity index (χ1) is 9.27. The van der Waals surface area contributed by atoms with Crippen molar-refractivity contribution in [3.63, 3.8) is 0 Å². The Balaban J connectivity index is 2.52. The fourth-order valence-corrected chi connectivity index (χ4v) is 2.65. The molecule has 0 heterocycles. The van der Waals surface area contributed by atoms with E-state index in [9.17, 15) is 8.42 Å². The van der Waals surface area contributed by atoms with Crippen LogP contribution in [0.5, 0.6) is 0 Å². The van der Waals surface area contributed by atoms with Crippen molar-refractivity contribution in [2.45, 2.75) is 11.8 Å². The molecule has 5 nitrogen and oxygen atoms in total. The average Bonchev–Trinajstić information content (AvgIpc) is 2.34. The van der Waals surface area contributed by atoms with Crippen molar-refractivity contribution in [3.8, 4) is 0 Å². The Morgan fingerprint density at radius 3 is 2.45 bits per heavy atom. The Kier molecular flexibility index (Phi) is 3.89. The molecule has 0 aromatic heterocycles. The number of nitrogen functional groups attached to an aromatic ring is 1. The molecular weight excluding hydrogens is 298 g/mol. The van der Waals surface area contributed by atoms with E-state index in [0.717, 1.165) is 5.56 Å². The summed E-state index contributed by atoms with van der Waals surface area (Å²) in [5, 5.41) is 8.64. The van der Waals surface area contributed by atoms with E-state index >= 15 is 0 Å². The van der Waals surface area contributed by atoms with Crippen molar-refractivity contribution in [1.29, 1.82) is 0 Å². The summed E-state index contributed by atoms with van der Waals surface area (Å²) < 4.78 is 23.2. The molecule has 0 saturated carbocycles. The van der Waals surface area contributed by atoms with E-state index in [1.54, 1.807) is 18.2 Å².